The molecule has 1 amide bonds. The molecule has 1 heterocycles. The molecule has 0 atom stereocenters. The van der Waals surface area contributed by atoms with Crippen LogP contribution in [0.5, 0.6) is 0 Å². The van der Waals surface area contributed by atoms with E-state index in [1.54, 1.807) is 30.3 Å². The molecule has 0 aliphatic rings. The Hall–Kier alpha value is -1.86. The molecule has 0 bridgehead atoms. The van der Waals surface area contributed by atoms with Crippen molar-refractivity contribution in [3.63, 3.8) is 0 Å². The largest absolute Gasteiger partial charge is 0.409 e. The molecule has 98 valence electrons. The molecular formula is C12H10BrN3O2S. The predicted octanol–water partition coefficient (Wildman–Crippen LogP) is 2.86. The minimum absolute atomic E-state index is 0.0669. The second-order valence-electron chi connectivity index (χ2n) is 3.61. The van der Waals surface area contributed by atoms with Gasteiger partial charge in [0.25, 0.3) is 5.91 Å². The summed E-state index contributed by atoms with van der Waals surface area (Å²) < 4.78 is 0.767. The maximum atomic E-state index is 12.0. The Labute approximate surface area is 121 Å². The number of hydrogen-bond donors (Lipinski definition) is 3. The number of nitrogens with two attached hydrogens (primary N) is 1. The third-order valence-corrected chi connectivity index (χ3v) is 3.72. The maximum Gasteiger partial charge on any atom is 0.265 e. The Morgan fingerprint density at radius 2 is 2.21 bits per heavy atom. The van der Waals surface area contributed by atoms with E-state index in [0.29, 0.717) is 16.1 Å². The van der Waals surface area contributed by atoms with Crippen LogP contribution < -0.4 is 11.1 Å². The van der Waals surface area contributed by atoms with Crippen LogP contribution in [0.3, 0.4) is 0 Å². The van der Waals surface area contributed by atoms with Crippen molar-refractivity contribution in [3.05, 3.63) is 50.6 Å². The molecule has 0 fully saturated rings. The number of amidine groups is 1. The number of carbonyl (C=O) groups is 1. The number of anilines is 1. The van der Waals surface area contributed by atoms with E-state index in [0.717, 1.165) is 4.47 Å². The molecule has 1 aromatic heterocycles. The number of thiophene rings is 1. The molecule has 5 nitrogen and oxygen atoms in total. The molecule has 2 rings (SSSR count). The monoisotopic (exact) mass is 339 g/mol. The minimum atomic E-state index is -0.232. The lowest BCUT2D eigenvalue weighted by atomic mass is 10.1. The summed E-state index contributed by atoms with van der Waals surface area (Å²) in [6.07, 6.45) is 0. The summed E-state index contributed by atoms with van der Waals surface area (Å²) in [5.41, 5.74) is 6.52. The smallest absolute Gasteiger partial charge is 0.265 e. The van der Waals surface area contributed by atoms with Crippen LogP contribution >= 0.6 is 27.3 Å². The van der Waals surface area contributed by atoms with Crippen molar-refractivity contribution >= 4 is 44.7 Å². The van der Waals surface area contributed by atoms with Gasteiger partial charge in [-0.05, 0) is 29.6 Å². The molecule has 4 N–H and O–H groups in total. The van der Waals surface area contributed by atoms with Gasteiger partial charge in [-0.15, -0.1) is 11.3 Å². The molecule has 2 aromatic rings. The van der Waals surface area contributed by atoms with Gasteiger partial charge in [0.05, 0.1) is 10.6 Å². The first kappa shape index (κ1) is 13.6. The SMILES string of the molecule is N/C(=N/O)c1cc(Br)ccc1NC(=O)c1cccs1. The van der Waals surface area contributed by atoms with E-state index in [2.05, 4.69) is 26.4 Å². The Morgan fingerprint density at radius 1 is 1.42 bits per heavy atom. The van der Waals surface area contributed by atoms with Crippen molar-refractivity contribution in [2.45, 2.75) is 0 Å². The summed E-state index contributed by atoms with van der Waals surface area (Å²) in [6.45, 7) is 0. The van der Waals surface area contributed by atoms with E-state index in [-0.39, 0.29) is 11.7 Å². The van der Waals surface area contributed by atoms with Crippen molar-refractivity contribution in [2.75, 3.05) is 5.32 Å². The number of hydrogen-bond acceptors (Lipinski definition) is 4. The van der Waals surface area contributed by atoms with Crippen LogP contribution in [0.2, 0.25) is 0 Å². The van der Waals surface area contributed by atoms with E-state index < -0.39 is 0 Å². The zero-order valence-electron chi connectivity index (χ0n) is 9.63. The molecule has 0 saturated carbocycles. The van der Waals surface area contributed by atoms with Gasteiger partial charge < -0.3 is 16.3 Å². The van der Waals surface area contributed by atoms with Gasteiger partial charge >= 0.3 is 0 Å². The van der Waals surface area contributed by atoms with E-state index in [1.165, 1.54) is 11.3 Å². The fourth-order valence-corrected chi connectivity index (χ4v) is 2.46. The summed E-state index contributed by atoms with van der Waals surface area (Å²) in [5, 5.41) is 16.3. The lowest BCUT2D eigenvalue weighted by Crippen LogP contribution is -2.18. The van der Waals surface area contributed by atoms with Gasteiger partial charge in [0.15, 0.2) is 5.84 Å². The number of nitrogens with one attached hydrogen (secondary N) is 1. The van der Waals surface area contributed by atoms with Gasteiger partial charge in [-0.1, -0.05) is 27.2 Å². The van der Waals surface area contributed by atoms with E-state index in [4.69, 9.17) is 10.9 Å². The number of halogens is 1. The fourth-order valence-electron chi connectivity index (χ4n) is 1.48. The minimum Gasteiger partial charge on any atom is -0.409 e. The van der Waals surface area contributed by atoms with Gasteiger partial charge in [0.1, 0.15) is 0 Å². The van der Waals surface area contributed by atoms with Gasteiger partial charge in [-0.3, -0.25) is 4.79 Å². The molecular weight excluding hydrogens is 330 g/mol. The highest BCUT2D eigenvalue weighted by Gasteiger charge is 2.12. The van der Waals surface area contributed by atoms with Crippen LogP contribution in [0.1, 0.15) is 15.2 Å². The first-order valence-electron chi connectivity index (χ1n) is 5.24. The third kappa shape index (κ3) is 3.12. The van der Waals surface area contributed by atoms with Gasteiger partial charge in [0, 0.05) is 10.0 Å². The number of rotatable bonds is 3. The van der Waals surface area contributed by atoms with Crippen LogP contribution in [0.4, 0.5) is 5.69 Å². The quantitative estimate of drug-likeness (QED) is 0.347. The fraction of sp³-hybridized carbons (Fsp3) is 0. The molecule has 0 radical (unpaired) electrons. The average molecular weight is 340 g/mol. The first-order chi connectivity index (χ1) is 9.11. The average Bonchev–Trinajstić information content (AvgIpc) is 2.94. The van der Waals surface area contributed by atoms with E-state index in [9.17, 15) is 4.79 Å². The van der Waals surface area contributed by atoms with E-state index >= 15 is 0 Å². The molecule has 7 heteroatoms. The third-order valence-electron chi connectivity index (χ3n) is 2.36. The molecule has 0 spiro atoms. The number of oxime groups is 1. The van der Waals surface area contributed by atoms with Crippen molar-refractivity contribution < 1.29 is 10.0 Å². The highest BCUT2D eigenvalue weighted by Crippen LogP contribution is 2.22. The number of carbonyl (C=O) groups excluding carboxylic acids is 1. The Bertz CT molecular complexity index is 626. The summed E-state index contributed by atoms with van der Waals surface area (Å²) in [5.74, 6) is -0.299. The van der Waals surface area contributed by atoms with Crippen LogP contribution in [-0.2, 0) is 0 Å². The molecule has 0 aliphatic heterocycles. The molecule has 1 aromatic carbocycles. The zero-order valence-corrected chi connectivity index (χ0v) is 12.0. The number of benzene rings is 1. The normalized spacial score (nSPS) is 11.3. The lowest BCUT2D eigenvalue weighted by Gasteiger charge is -2.10. The Kier molecular flexibility index (Phi) is 4.18. The van der Waals surface area contributed by atoms with Crippen LogP contribution in [0.15, 0.2) is 45.3 Å². The van der Waals surface area contributed by atoms with Crippen LogP contribution in [0.25, 0.3) is 0 Å². The molecule has 0 unspecified atom stereocenters. The summed E-state index contributed by atoms with van der Waals surface area (Å²) in [6, 6.07) is 8.63. The number of amides is 1. The second-order valence-corrected chi connectivity index (χ2v) is 5.47. The highest BCUT2D eigenvalue weighted by molar-refractivity contribution is 9.10. The topological polar surface area (TPSA) is 87.7 Å². The predicted molar refractivity (Wildman–Crippen MR) is 78.9 cm³/mol. The second kappa shape index (κ2) is 5.85. The standard InChI is InChI=1S/C12H10BrN3O2S/c13-7-3-4-9(8(6-7)11(14)16-18)15-12(17)10-2-1-5-19-10/h1-6,18H,(H2,14,16)(H,15,17). The number of nitrogens with zero attached hydrogens (tertiary/aromatic N) is 1. The van der Waals surface area contributed by atoms with Gasteiger partial charge in [-0.25, -0.2) is 0 Å². The summed E-state index contributed by atoms with van der Waals surface area (Å²) in [7, 11) is 0. The Morgan fingerprint density at radius 3 is 2.84 bits per heavy atom. The maximum absolute atomic E-state index is 12.0. The van der Waals surface area contributed by atoms with E-state index in [1.807, 2.05) is 5.38 Å². The highest BCUT2D eigenvalue weighted by atomic mass is 79.9. The summed E-state index contributed by atoms with van der Waals surface area (Å²) in [4.78, 5) is 12.6. The van der Waals surface area contributed by atoms with Crippen molar-refractivity contribution in [2.24, 2.45) is 10.9 Å². The first-order valence-corrected chi connectivity index (χ1v) is 6.91. The molecule has 0 aliphatic carbocycles. The van der Waals surface area contributed by atoms with Gasteiger partial charge in [0.2, 0.25) is 0 Å². The zero-order chi connectivity index (χ0) is 13.8. The van der Waals surface area contributed by atoms with Crippen LogP contribution in [-0.4, -0.2) is 17.0 Å². The van der Waals surface area contributed by atoms with Crippen molar-refractivity contribution in [3.8, 4) is 0 Å². The van der Waals surface area contributed by atoms with Crippen molar-refractivity contribution in [1.29, 1.82) is 0 Å². The van der Waals surface area contributed by atoms with Crippen LogP contribution in [0, 0.1) is 0 Å². The Balaban J connectivity index is 2.32. The molecule has 0 saturated heterocycles. The molecule has 19 heavy (non-hydrogen) atoms. The van der Waals surface area contributed by atoms with Gasteiger partial charge in [-0.2, -0.15) is 0 Å². The summed E-state index contributed by atoms with van der Waals surface area (Å²) >= 11 is 4.64. The van der Waals surface area contributed by atoms with Crippen molar-refractivity contribution in [1.82, 2.24) is 0 Å². The lowest BCUT2D eigenvalue weighted by molar-refractivity contribution is 0.103.